The van der Waals surface area contributed by atoms with Crippen LogP contribution in [-0.2, 0) is 12.0 Å². The molecular weight excluding hydrogens is 394 g/mol. The third-order valence-electron chi connectivity index (χ3n) is 6.60. The Hall–Kier alpha value is -2.94. The van der Waals surface area contributed by atoms with E-state index in [1.165, 1.54) is 5.06 Å². The number of nitrogens with one attached hydrogen (secondary N) is 3. The van der Waals surface area contributed by atoms with Crippen molar-refractivity contribution < 1.29 is 15.1 Å². The first-order valence-corrected chi connectivity index (χ1v) is 10.8. The van der Waals surface area contributed by atoms with Gasteiger partial charge in [0.1, 0.15) is 0 Å². The summed E-state index contributed by atoms with van der Waals surface area (Å²) < 4.78 is 0. The van der Waals surface area contributed by atoms with E-state index < -0.39 is 5.60 Å². The fourth-order valence-corrected chi connectivity index (χ4v) is 5.01. The molecule has 2 aliphatic rings. The second kappa shape index (κ2) is 7.96. The summed E-state index contributed by atoms with van der Waals surface area (Å²) in [7, 11) is 0. The molecule has 2 aromatic carbocycles. The molecule has 2 heterocycles. The van der Waals surface area contributed by atoms with Gasteiger partial charge in [0, 0.05) is 18.5 Å². The van der Waals surface area contributed by atoms with Gasteiger partial charge in [0.05, 0.1) is 29.0 Å². The molecule has 8 heteroatoms. The summed E-state index contributed by atoms with van der Waals surface area (Å²) in [4.78, 5) is 12.7. The van der Waals surface area contributed by atoms with Crippen LogP contribution in [0.5, 0.6) is 0 Å². The van der Waals surface area contributed by atoms with Gasteiger partial charge < -0.3 is 20.9 Å². The molecular formula is C23H27N5O3. The zero-order chi connectivity index (χ0) is 21.4. The molecule has 2 atom stereocenters. The summed E-state index contributed by atoms with van der Waals surface area (Å²) in [6.45, 7) is 1.02. The highest BCUT2D eigenvalue weighted by Gasteiger charge is 2.37. The zero-order valence-corrected chi connectivity index (χ0v) is 17.3. The zero-order valence-electron chi connectivity index (χ0n) is 17.3. The molecule has 5 rings (SSSR count). The van der Waals surface area contributed by atoms with Gasteiger partial charge in [0.2, 0.25) is 0 Å². The van der Waals surface area contributed by atoms with Crippen LogP contribution in [0.2, 0.25) is 0 Å². The minimum absolute atomic E-state index is 0.109. The summed E-state index contributed by atoms with van der Waals surface area (Å²) >= 11 is 0. The average molecular weight is 422 g/mol. The molecule has 2 unspecified atom stereocenters. The molecule has 31 heavy (non-hydrogen) atoms. The molecule has 3 aromatic rings. The number of hydrogen-bond donors (Lipinski definition) is 5. The third kappa shape index (κ3) is 3.78. The predicted octanol–water partition coefficient (Wildman–Crippen LogP) is 3.43. The number of nitrogens with zero attached hydrogens (tertiary/aromatic N) is 2. The smallest absolute Gasteiger partial charge is 0.319 e. The SMILES string of the molecule is O=C(Nc1cccc2[nH]ncc12)NC1CCc2c1cccc2C1(O)CCCN(O)CC1. The van der Waals surface area contributed by atoms with Crippen LogP contribution in [0.15, 0.2) is 42.6 Å². The molecule has 1 aromatic heterocycles. The molecule has 2 amide bonds. The van der Waals surface area contributed by atoms with Crippen LogP contribution in [0.1, 0.15) is 48.4 Å². The average Bonchev–Trinajstić information content (AvgIpc) is 3.36. The van der Waals surface area contributed by atoms with Crippen molar-refractivity contribution in [3.8, 4) is 0 Å². The molecule has 162 valence electrons. The Morgan fingerprint density at radius 2 is 2.06 bits per heavy atom. The maximum atomic E-state index is 12.7. The quantitative estimate of drug-likeness (QED) is 0.445. The highest BCUT2D eigenvalue weighted by atomic mass is 16.5. The Kier molecular flexibility index (Phi) is 5.13. The third-order valence-corrected chi connectivity index (χ3v) is 6.60. The van der Waals surface area contributed by atoms with Gasteiger partial charge in [-0.25, -0.2) is 4.79 Å². The van der Waals surface area contributed by atoms with E-state index in [9.17, 15) is 15.1 Å². The predicted molar refractivity (Wildman–Crippen MR) is 117 cm³/mol. The van der Waals surface area contributed by atoms with Crippen LogP contribution in [0.25, 0.3) is 10.9 Å². The lowest BCUT2D eigenvalue weighted by Crippen LogP contribution is -2.32. The summed E-state index contributed by atoms with van der Waals surface area (Å²) in [5.74, 6) is 0. The van der Waals surface area contributed by atoms with Crippen molar-refractivity contribution in [3.05, 3.63) is 59.3 Å². The number of aromatic nitrogens is 2. The molecule has 0 saturated carbocycles. The lowest BCUT2D eigenvalue weighted by molar-refractivity contribution is -0.0933. The van der Waals surface area contributed by atoms with Gasteiger partial charge in [0.25, 0.3) is 0 Å². The number of rotatable bonds is 3. The molecule has 8 nitrogen and oxygen atoms in total. The van der Waals surface area contributed by atoms with E-state index in [-0.39, 0.29) is 12.1 Å². The molecule has 0 bridgehead atoms. The molecule has 0 radical (unpaired) electrons. The van der Waals surface area contributed by atoms with Gasteiger partial charge in [0.15, 0.2) is 0 Å². The Balaban J connectivity index is 1.34. The summed E-state index contributed by atoms with van der Waals surface area (Å²) in [6.07, 6.45) is 5.14. The lowest BCUT2D eigenvalue weighted by Gasteiger charge is -2.29. The largest absolute Gasteiger partial charge is 0.385 e. The van der Waals surface area contributed by atoms with E-state index in [0.29, 0.717) is 31.6 Å². The summed E-state index contributed by atoms with van der Waals surface area (Å²) in [5, 5.41) is 36.4. The number of carbonyl (C=O) groups excluding carboxylic acids is 1. The standard InChI is InChI=1S/C23H27N5O3/c29-22(25-19-6-2-7-21-17(19)14-24-27-21)26-20-9-8-15-16(20)4-1-5-18(15)23(30)10-3-12-28(31)13-11-23/h1-2,4-7,14,20,30-31H,3,8-13H2,(H,24,27)(H2,25,26,29). The molecule has 0 spiro atoms. The van der Waals surface area contributed by atoms with E-state index in [2.05, 4.69) is 20.8 Å². The lowest BCUT2D eigenvalue weighted by atomic mass is 9.83. The van der Waals surface area contributed by atoms with E-state index in [1.807, 2.05) is 36.4 Å². The number of aromatic amines is 1. The Labute approximate surface area is 180 Å². The number of fused-ring (bicyclic) bond motifs is 2. The molecule has 1 fully saturated rings. The second-order valence-corrected chi connectivity index (χ2v) is 8.54. The van der Waals surface area contributed by atoms with Crippen molar-refractivity contribution in [2.75, 3.05) is 18.4 Å². The van der Waals surface area contributed by atoms with Gasteiger partial charge in [-0.2, -0.15) is 10.2 Å². The number of benzene rings is 2. The number of carbonyl (C=O) groups is 1. The van der Waals surface area contributed by atoms with Crippen molar-refractivity contribution in [1.82, 2.24) is 20.6 Å². The summed E-state index contributed by atoms with van der Waals surface area (Å²) in [6, 6.07) is 11.2. The van der Waals surface area contributed by atoms with Crippen LogP contribution in [0.3, 0.4) is 0 Å². The number of aliphatic hydroxyl groups is 1. The van der Waals surface area contributed by atoms with Gasteiger partial charge >= 0.3 is 6.03 Å². The maximum Gasteiger partial charge on any atom is 0.319 e. The van der Waals surface area contributed by atoms with Gasteiger partial charge in [-0.3, -0.25) is 5.10 Å². The summed E-state index contributed by atoms with van der Waals surface area (Å²) in [5.41, 5.74) is 3.75. The van der Waals surface area contributed by atoms with Crippen molar-refractivity contribution in [2.24, 2.45) is 0 Å². The first-order valence-electron chi connectivity index (χ1n) is 10.8. The number of hydrogen-bond acceptors (Lipinski definition) is 5. The number of hydroxylamine groups is 2. The minimum atomic E-state index is -0.948. The number of anilines is 1. The van der Waals surface area contributed by atoms with Crippen LogP contribution in [0, 0.1) is 0 Å². The molecule has 1 aliphatic carbocycles. The van der Waals surface area contributed by atoms with Crippen LogP contribution in [-0.4, -0.2) is 44.7 Å². The van der Waals surface area contributed by atoms with Gasteiger partial charge in [-0.05, 0) is 60.9 Å². The highest BCUT2D eigenvalue weighted by Crippen LogP contribution is 2.41. The molecule has 1 saturated heterocycles. The highest BCUT2D eigenvalue weighted by molar-refractivity contribution is 6.00. The van der Waals surface area contributed by atoms with Crippen molar-refractivity contribution in [2.45, 2.75) is 43.7 Å². The normalized spacial score (nSPS) is 24.0. The first kappa shape index (κ1) is 20.0. The minimum Gasteiger partial charge on any atom is -0.385 e. The van der Waals surface area contributed by atoms with Gasteiger partial charge in [-0.15, -0.1) is 0 Å². The topological polar surface area (TPSA) is 114 Å². The van der Waals surface area contributed by atoms with E-state index >= 15 is 0 Å². The van der Waals surface area contributed by atoms with Crippen molar-refractivity contribution in [3.63, 3.8) is 0 Å². The first-order chi connectivity index (χ1) is 15.0. The van der Waals surface area contributed by atoms with Crippen molar-refractivity contribution >= 4 is 22.6 Å². The van der Waals surface area contributed by atoms with E-state index in [4.69, 9.17) is 0 Å². The molecule has 5 N–H and O–H groups in total. The van der Waals surface area contributed by atoms with E-state index in [0.717, 1.165) is 46.9 Å². The Morgan fingerprint density at radius 1 is 1.19 bits per heavy atom. The van der Waals surface area contributed by atoms with Crippen LogP contribution in [0.4, 0.5) is 10.5 Å². The van der Waals surface area contributed by atoms with E-state index in [1.54, 1.807) is 6.20 Å². The van der Waals surface area contributed by atoms with Crippen molar-refractivity contribution in [1.29, 1.82) is 0 Å². The van der Waals surface area contributed by atoms with Crippen LogP contribution >= 0.6 is 0 Å². The molecule has 1 aliphatic heterocycles. The number of amides is 2. The number of H-pyrrole nitrogens is 1. The second-order valence-electron chi connectivity index (χ2n) is 8.54. The number of urea groups is 1. The van der Waals surface area contributed by atoms with Gasteiger partial charge in [-0.1, -0.05) is 24.3 Å². The fraction of sp³-hybridized carbons (Fsp3) is 0.391. The fourth-order valence-electron chi connectivity index (χ4n) is 5.01. The Bertz CT molecular complexity index is 1110. The Morgan fingerprint density at radius 3 is 2.97 bits per heavy atom. The maximum absolute atomic E-state index is 12.7. The van der Waals surface area contributed by atoms with Crippen LogP contribution < -0.4 is 10.6 Å². The monoisotopic (exact) mass is 421 g/mol.